The van der Waals surface area contributed by atoms with Gasteiger partial charge in [0.2, 0.25) is 0 Å². The Kier molecular flexibility index (Phi) is 9.26. The summed E-state index contributed by atoms with van der Waals surface area (Å²) in [5.74, 6) is 1.55. The van der Waals surface area contributed by atoms with Crippen molar-refractivity contribution in [1.82, 2.24) is 19.8 Å². The van der Waals surface area contributed by atoms with Gasteiger partial charge in [0.1, 0.15) is 17.0 Å². The van der Waals surface area contributed by atoms with Crippen molar-refractivity contribution in [2.24, 2.45) is 16.8 Å². The summed E-state index contributed by atoms with van der Waals surface area (Å²) < 4.78 is 11.4. The average molecular weight is 702 g/mol. The van der Waals surface area contributed by atoms with Crippen LogP contribution in [0.25, 0.3) is 33.5 Å². The third-order valence-corrected chi connectivity index (χ3v) is 10.0. The Bertz CT molecular complexity index is 1980. The van der Waals surface area contributed by atoms with Gasteiger partial charge in [-0.1, -0.05) is 74.5 Å². The Morgan fingerprint density at radius 3 is 1.73 bits per heavy atom. The van der Waals surface area contributed by atoms with Crippen molar-refractivity contribution in [1.29, 1.82) is 0 Å². The fourth-order valence-corrected chi connectivity index (χ4v) is 7.64. The summed E-state index contributed by atoms with van der Waals surface area (Å²) in [5.41, 5.74) is 8.60. The number of carbonyl (C=O) groups excluding carboxylic acids is 2. The summed E-state index contributed by atoms with van der Waals surface area (Å²) in [4.78, 5) is 42.9. The summed E-state index contributed by atoms with van der Waals surface area (Å²) in [6.07, 6.45) is 3.80. The van der Waals surface area contributed by atoms with Crippen LogP contribution in [0, 0.1) is 11.8 Å². The van der Waals surface area contributed by atoms with Crippen LogP contribution >= 0.6 is 0 Å². The number of fused-ring (bicyclic) bond motifs is 1. The molecule has 0 bridgehead atoms. The topological polar surface area (TPSA) is 100 Å². The summed E-state index contributed by atoms with van der Waals surface area (Å²) in [6.45, 7) is 17.1. The fraction of sp³-hybridized carbons (Fsp3) is 0.442. The van der Waals surface area contributed by atoms with E-state index < -0.39 is 11.2 Å². The number of rotatable bonds is 5. The van der Waals surface area contributed by atoms with E-state index in [-0.39, 0.29) is 24.3 Å². The van der Waals surface area contributed by atoms with Crippen molar-refractivity contribution in [2.75, 3.05) is 13.1 Å². The lowest BCUT2D eigenvalue weighted by Gasteiger charge is -2.28. The summed E-state index contributed by atoms with van der Waals surface area (Å²) in [5, 5.41) is 0. The minimum Gasteiger partial charge on any atom is -0.444 e. The maximum Gasteiger partial charge on any atom is 0.410 e. The number of amides is 2. The van der Waals surface area contributed by atoms with Crippen LogP contribution in [0.15, 0.2) is 77.9 Å². The van der Waals surface area contributed by atoms with Crippen LogP contribution in [-0.4, -0.2) is 68.0 Å². The molecule has 272 valence electrons. The van der Waals surface area contributed by atoms with Crippen LogP contribution < -0.4 is 0 Å². The van der Waals surface area contributed by atoms with Gasteiger partial charge in [-0.3, -0.25) is 14.8 Å². The first-order valence-electron chi connectivity index (χ1n) is 18.6. The number of likely N-dealkylation sites (tertiary alicyclic amines) is 2. The molecule has 0 aliphatic carbocycles. The zero-order valence-electron chi connectivity index (χ0n) is 31.7. The van der Waals surface area contributed by atoms with Crippen molar-refractivity contribution in [3.8, 4) is 33.5 Å². The molecular formula is C43H51N5O4. The van der Waals surface area contributed by atoms with Crippen LogP contribution in [-0.2, 0) is 15.9 Å². The van der Waals surface area contributed by atoms with E-state index in [9.17, 15) is 9.59 Å². The fourth-order valence-electron chi connectivity index (χ4n) is 7.64. The lowest BCUT2D eigenvalue weighted by molar-refractivity contribution is 0.0212. The molecular weight excluding hydrogens is 651 g/mol. The molecule has 9 nitrogen and oxygen atoms in total. The number of H-pyrrole nitrogens is 1. The zero-order valence-corrected chi connectivity index (χ0v) is 31.7. The van der Waals surface area contributed by atoms with E-state index in [0.717, 1.165) is 70.0 Å². The number of benzene rings is 3. The second-order valence-corrected chi connectivity index (χ2v) is 16.9. The molecule has 3 aliphatic rings. The first-order chi connectivity index (χ1) is 24.6. The monoisotopic (exact) mass is 701 g/mol. The van der Waals surface area contributed by atoms with Crippen molar-refractivity contribution in [2.45, 2.75) is 97.9 Å². The number of hydrogen-bond donors (Lipinski definition) is 1. The molecule has 0 unspecified atom stereocenters. The van der Waals surface area contributed by atoms with E-state index in [0.29, 0.717) is 24.9 Å². The first kappa shape index (κ1) is 35.5. The van der Waals surface area contributed by atoms with E-state index in [1.807, 2.05) is 52.6 Å². The molecule has 2 amide bonds. The third kappa shape index (κ3) is 7.64. The van der Waals surface area contributed by atoms with E-state index in [1.54, 1.807) is 4.90 Å². The molecule has 3 aromatic carbocycles. The highest BCUT2D eigenvalue weighted by atomic mass is 16.6. The zero-order chi connectivity index (χ0) is 36.9. The van der Waals surface area contributed by atoms with Crippen molar-refractivity contribution in [3.05, 3.63) is 84.3 Å². The molecule has 4 heterocycles. The normalized spacial score (nSPS) is 21.7. The number of aromatic nitrogens is 2. The first-order valence-corrected chi connectivity index (χ1v) is 18.6. The molecule has 0 saturated carbocycles. The highest BCUT2D eigenvalue weighted by Crippen LogP contribution is 2.38. The molecule has 0 radical (unpaired) electrons. The number of aliphatic imine (C=N–C) groups is 1. The quantitative estimate of drug-likeness (QED) is 0.223. The Labute approximate surface area is 307 Å². The van der Waals surface area contributed by atoms with E-state index >= 15 is 0 Å². The molecule has 1 aromatic heterocycles. The number of nitrogens with zero attached hydrogens (tertiary/aromatic N) is 4. The maximum absolute atomic E-state index is 13.0. The van der Waals surface area contributed by atoms with Gasteiger partial charge in [0, 0.05) is 25.2 Å². The third-order valence-electron chi connectivity index (χ3n) is 10.0. The minimum atomic E-state index is -0.547. The van der Waals surface area contributed by atoms with Crippen molar-refractivity contribution in [3.63, 3.8) is 0 Å². The Morgan fingerprint density at radius 1 is 0.692 bits per heavy atom. The summed E-state index contributed by atoms with van der Waals surface area (Å²) >= 11 is 0. The molecule has 52 heavy (non-hydrogen) atoms. The molecule has 4 aromatic rings. The molecule has 4 atom stereocenters. The van der Waals surface area contributed by atoms with Crippen LogP contribution in [0.2, 0.25) is 0 Å². The highest BCUT2D eigenvalue weighted by Gasteiger charge is 2.40. The van der Waals surface area contributed by atoms with E-state index in [2.05, 4.69) is 85.6 Å². The number of carbonyl (C=O) groups is 2. The molecule has 0 spiro atoms. The molecule has 2 saturated heterocycles. The average Bonchev–Trinajstić information content (AvgIpc) is 3.88. The summed E-state index contributed by atoms with van der Waals surface area (Å²) in [7, 11) is 0. The lowest BCUT2D eigenvalue weighted by atomic mass is 9.97. The Hall–Kier alpha value is -4.92. The van der Waals surface area contributed by atoms with E-state index in [1.165, 1.54) is 5.56 Å². The van der Waals surface area contributed by atoms with Gasteiger partial charge in [-0.05, 0) is 106 Å². The van der Waals surface area contributed by atoms with Crippen LogP contribution in [0.5, 0.6) is 0 Å². The molecule has 1 N–H and O–H groups in total. The number of aromatic amines is 1. The van der Waals surface area contributed by atoms with Crippen LogP contribution in [0.4, 0.5) is 15.3 Å². The van der Waals surface area contributed by atoms with Gasteiger partial charge < -0.3 is 14.5 Å². The molecule has 7 rings (SSSR count). The molecule has 2 fully saturated rings. The lowest BCUT2D eigenvalue weighted by Crippen LogP contribution is -2.43. The van der Waals surface area contributed by atoms with Crippen molar-refractivity contribution >= 4 is 23.6 Å². The van der Waals surface area contributed by atoms with Gasteiger partial charge in [0.25, 0.3) is 0 Å². The maximum atomic E-state index is 13.0. The van der Waals surface area contributed by atoms with Crippen molar-refractivity contribution < 1.29 is 19.1 Å². The number of imidazole rings is 1. The Balaban J connectivity index is 1.02. The molecule has 9 heteroatoms. The van der Waals surface area contributed by atoms with Gasteiger partial charge in [0.15, 0.2) is 0 Å². The largest absolute Gasteiger partial charge is 0.444 e. The number of hydrogen-bond acceptors (Lipinski definition) is 6. The van der Waals surface area contributed by atoms with Gasteiger partial charge in [-0.2, -0.15) is 0 Å². The van der Waals surface area contributed by atoms with Gasteiger partial charge in [0.05, 0.1) is 29.7 Å². The predicted octanol–water partition coefficient (Wildman–Crippen LogP) is 10.0. The Morgan fingerprint density at radius 2 is 1.17 bits per heavy atom. The number of nitrogens with one attached hydrogen (secondary N) is 1. The van der Waals surface area contributed by atoms with E-state index in [4.69, 9.17) is 19.5 Å². The van der Waals surface area contributed by atoms with Crippen LogP contribution in [0.3, 0.4) is 0 Å². The van der Waals surface area contributed by atoms with Crippen LogP contribution in [0.1, 0.15) is 85.7 Å². The predicted molar refractivity (Wildman–Crippen MR) is 206 cm³/mol. The highest BCUT2D eigenvalue weighted by molar-refractivity contribution is 6.00. The molecule has 3 aliphatic heterocycles. The number of ether oxygens (including phenoxy) is 2. The van der Waals surface area contributed by atoms with Gasteiger partial charge in [-0.25, -0.2) is 14.6 Å². The summed E-state index contributed by atoms with van der Waals surface area (Å²) in [6, 6.07) is 23.4. The van der Waals surface area contributed by atoms with Gasteiger partial charge >= 0.3 is 12.2 Å². The standard InChI is InChI=1S/C43H51N5O4/c1-26-19-37(47(24-26)40(49)51-42(3,4)5)35-22-33-18-17-32(21-34(33)45-35)30-11-9-28(10-12-30)29-13-15-31(16-14-29)36-23-44-39(46-36)38-20-27(2)25-48(38)41(50)52-43(6,7)8/h9-18,21,23,26-27,37-38H,19-20,22,24-25H2,1-8H3,(H,44,46)/t26-,27-,37-,38-/m0/s1. The van der Waals surface area contributed by atoms with Gasteiger partial charge in [-0.15, -0.1) is 0 Å². The second-order valence-electron chi connectivity index (χ2n) is 16.9. The smallest absolute Gasteiger partial charge is 0.410 e. The SMILES string of the molecule is C[C@H]1C[C@@H](C2=Nc3cc(-c4ccc(-c5ccc(-c6cnc([C@@H]7C[C@H](C)CN7C(=O)OC(C)(C)C)[nH]6)cc5)cc4)ccc3C2)N(C(=O)OC(C)(C)C)C1. The minimum absolute atomic E-state index is 0.0349. The second kappa shape index (κ2) is 13.6.